The van der Waals surface area contributed by atoms with Gasteiger partial charge in [-0.05, 0) is 0 Å². The largest absolute Gasteiger partial charge is 0.447 e. The first-order chi connectivity index (χ1) is 8.72. The number of H-pyrrole nitrogens is 1. The summed E-state index contributed by atoms with van der Waals surface area (Å²) in [5, 5.41) is 2.64. The van der Waals surface area contributed by atoms with Crippen LogP contribution in [0.2, 0.25) is 0 Å². The Kier molecular flexibility index (Phi) is 3.78. The Balaban J connectivity index is 2.01. The molecule has 18 heavy (non-hydrogen) atoms. The van der Waals surface area contributed by atoms with E-state index in [-0.39, 0.29) is 19.1 Å². The molecule has 1 fully saturated rings. The van der Waals surface area contributed by atoms with Crippen LogP contribution < -0.4 is 11.1 Å². The number of hydrogen-bond acceptors (Lipinski definition) is 5. The predicted molar refractivity (Wildman–Crippen MR) is 61.3 cm³/mol. The zero-order valence-electron chi connectivity index (χ0n) is 9.76. The molecular weight excluding hydrogens is 238 g/mol. The van der Waals surface area contributed by atoms with Gasteiger partial charge in [-0.15, -0.1) is 0 Å². The third-order valence-electron chi connectivity index (χ3n) is 2.62. The van der Waals surface area contributed by atoms with E-state index >= 15 is 0 Å². The van der Waals surface area contributed by atoms with Gasteiger partial charge in [0.25, 0.3) is 0 Å². The molecule has 8 heteroatoms. The maximum Gasteiger partial charge on any atom is 0.411 e. The minimum absolute atomic E-state index is 0.0589. The van der Waals surface area contributed by atoms with Crippen molar-refractivity contribution in [3.8, 4) is 0 Å². The summed E-state index contributed by atoms with van der Waals surface area (Å²) in [5.74, 6) is -0.259. The van der Waals surface area contributed by atoms with E-state index in [0.29, 0.717) is 13.1 Å². The fraction of sp³-hybridized carbons (Fsp3) is 0.500. The third-order valence-corrected chi connectivity index (χ3v) is 2.62. The lowest BCUT2D eigenvalue weighted by molar-refractivity contribution is -0.124. The molecule has 98 valence electrons. The van der Waals surface area contributed by atoms with E-state index in [1.807, 2.05) is 0 Å². The van der Waals surface area contributed by atoms with Crippen molar-refractivity contribution in [3.05, 3.63) is 18.2 Å². The molecule has 0 radical (unpaired) electrons. The van der Waals surface area contributed by atoms with Gasteiger partial charge in [0.2, 0.25) is 5.91 Å². The smallest absolute Gasteiger partial charge is 0.411 e. The maximum atomic E-state index is 11.8. The number of nitrogens with one attached hydrogen (secondary N) is 2. The molecule has 1 saturated heterocycles. The predicted octanol–water partition coefficient (Wildman–Crippen LogP) is -1.19. The first-order valence-corrected chi connectivity index (χ1v) is 5.61. The summed E-state index contributed by atoms with van der Waals surface area (Å²) in [6.07, 6.45) is 2.61. The molecule has 1 atom stereocenters. The molecule has 4 N–H and O–H groups in total. The quantitative estimate of drug-likeness (QED) is 0.610. The van der Waals surface area contributed by atoms with Crippen LogP contribution in [0.5, 0.6) is 0 Å². The average Bonchev–Trinajstić information content (AvgIpc) is 2.98. The summed E-state index contributed by atoms with van der Waals surface area (Å²) >= 11 is 0. The van der Waals surface area contributed by atoms with Crippen LogP contribution >= 0.6 is 0 Å². The maximum absolute atomic E-state index is 11.8. The minimum atomic E-state index is -0.618. The van der Waals surface area contributed by atoms with Crippen LogP contribution in [0.25, 0.3) is 0 Å². The molecule has 0 saturated carbocycles. The SMILES string of the molecule is NCCNC(=O)[C@@H]1COC(=O)N1Cc1cnc[nH]1. The molecule has 0 unspecified atom stereocenters. The molecule has 1 aromatic heterocycles. The summed E-state index contributed by atoms with van der Waals surface area (Å²) < 4.78 is 4.89. The lowest BCUT2D eigenvalue weighted by Crippen LogP contribution is -2.46. The fourth-order valence-electron chi connectivity index (χ4n) is 1.71. The number of cyclic esters (lactones) is 1. The molecule has 0 spiro atoms. The van der Waals surface area contributed by atoms with Crippen molar-refractivity contribution in [1.29, 1.82) is 0 Å². The highest BCUT2D eigenvalue weighted by Crippen LogP contribution is 2.15. The first-order valence-electron chi connectivity index (χ1n) is 5.61. The van der Waals surface area contributed by atoms with Crippen molar-refractivity contribution in [2.45, 2.75) is 12.6 Å². The lowest BCUT2D eigenvalue weighted by atomic mass is 10.2. The van der Waals surface area contributed by atoms with Crippen molar-refractivity contribution < 1.29 is 14.3 Å². The van der Waals surface area contributed by atoms with Gasteiger partial charge >= 0.3 is 6.09 Å². The number of ether oxygens (including phenoxy) is 1. The molecule has 2 rings (SSSR count). The molecule has 0 aromatic carbocycles. The molecule has 2 heterocycles. The van der Waals surface area contributed by atoms with E-state index < -0.39 is 12.1 Å². The number of nitrogens with zero attached hydrogens (tertiary/aromatic N) is 2. The van der Waals surface area contributed by atoms with E-state index in [1.54, 1.807) is 6.20 Å². The molecule has 1 aliphatic heterocycles. The topological polar surface area (TPSA) is 113 Å². The van der Waals surface area contributed by atoms with Gasteiger partial charge in [-0.25, -0.2) is 9.78 Å². The Hall–Kier alpha value is -2.09. The number of aromatic nitrogens is 2. The molecule has 2 amide bonds. The number of aromatic amines is 1. The molecule has 1 aliphatic rings. The second-order valence-electron chi connectivity index (χ2n) is 3.88. The monoisotopic (exact) mass is 253 g/mol. The van der Waals surface area contributed by atoms with Crippen molar-refractivity contribution >= 4 is 12.0 Å². The number of rotatable bonds is 5. The summed E-state index contributed by atoms with van der Waals surface area (Å²) in [5.41, 5.74) is 6.05. The fourth-order valence-corrected chi connectivity index (χ4v) is 1.71. The zero-order chi connectivity index (χ0) is 13.0. The normalized spacial score (nSPS) is 18.8. The van der Waals surface area contributed by atoms with E-state index in [1.165, 1.54) is 11.2 Å². The van der Waals surface area contributed by atoms with Crippen molar-refractivity contribution in [2.75, 3.05) is 19.7 Å². The Bertz CT molecular complexity index is 419. The Morgan fingerprint density at radius 2 is 2.56 bits per heavy atom. The average molecular weight is 253 g/mol. The van der Waals surface area contributed by atoms with Gasteiger partial charge < -0.3 is 20.8 Å². The van der Waals surface area contributed by atoms with Crippen LogP contribution in [0, 0.1) is 0 Å². The highest BCUT2D eigenvalue weighted by Gasteiger charge is 2.37. The number of amides is 2. The van der Waals surface area contributed by atoms with Crippen molar-refractivity contribution in [1.82, 2.24) is 20.2 Å². The number of nitrogens with two attached hydrogens (primary N) is 1. The Morgan fingerprint density at radius 1 is 1.72 bits per heavy atom. The van der Waals surface area contributed by atoms with Gasteiger partial charge in [0.15, 0.2) is 0 Å². The third kappa shape index (κ3) is 2.59. The number of carbonyl (C=O) groups excluding carboxylic acids is 2. The van der Waals surface area contributed by atoms with Crippen LogP contribution in [0.4, 0.5) is 4.79 Å². The zero-order valence-corrected chi connectivity index (χ0v) is 9.76. The van der Waals surface area contributed by atoms with Crippen LogP contribution in [0.3, 0.4) is 0 Å². The summed E-state index contributed by atoms with van der Waals surface area (Å²) in [6.45, 7) is 1.05. The summed E-state index contributed by atoms with van der Waals surface area (Å²) in [6, 6.07) is -0.618. The number of carbonyl (C=O) groups is 2. The molecule has 0 aliphatic carbocycles. The van der Waals surface area contributed by atoms with E-state index in [2.05, 4.69) is 15.3 Å². The van der Waals surface area contributed by atoms with Gasteiger partial charge in [-0.1, -0.05) is 0 Å². The Morgan fingerprint density at radius 3 is 3.22 bits per heavy atom. The van der Waals surface area contributed by atoms with E-state index in [0.717, 1.165) is 5.69 Å². The highest BCUT2D eigenvalue weighted by molar-refractivity contribution is 5.87. The molecular formula is C10H15N5O3. The van der Waals surface area contributed by atoms with Crippen LogP contribution in [-0.4, -0.2) is 52.6 Å². The minimum Gasteiger partial charge on any atom is -0.447 e. The van der Waals surface area contributed by atoms with Gasteiger partial charge in [0.1, 0.15) is 12.6 Å². The first kappa shape index (κ1) is 12.4. The van der Waals surface area contributed by atoms with Gasteiger partial charge in [-0.2, -0.15) is 0 Å². The van der Waals surface area contributed by atoms with Gasteiger partial charge in [0.05, 0.1) is 18.6 Å². The molecule has 0 bridgehead atoms. The standard InChI is InChI=1S/C10H15N5O3/c11-1-2-13-9(16)8-5-18-10(17)15(8)4-7-3-12-6-14-7/h3,6,8H,1-2,4-5,11H2,(H,12,14)(H,13,16)/t8-/m0/s1. The van der Waals surface area contributed by atoms with Crippen LogP contribution in [-0.2, 0) is 16.1 Å². The van der Waals surface area contributed by atoms with E-state index in [4.69, 9.17) is 10.5 Å². The van der Waals surface area contributed by atoms with Crippen LogP contribution in [0.1, 0.15) is 5.69 Å². The van der Waals surface area contributed by atoms with Crippen molar-refractivity contribution in [3.63, 3.8) is 0 Å². The number of imidazole rings is 1. The molecule has 1 aromatic rings. The summed E-state index contributed by atoms with van der Waals surface area (Å²) in [4.78, 5) is 31.5. The van der Waals surface area contributed by atoms with Gasteiger partial charge in [0, 0.05) is 19.3 Å². The summed E-state index contributed by atoms with van der Waals surface area (Å²) in [7, 11) is 0. The van der Waals surface area contributed by atoms with Gasteiger partial charge in [-0.3, -0.25) is 9.69 Å². The second kappa shape index (κ2) is 5.50. The number of hydrogen-bond donors (Lipinski definition) is 3. The van der Waals surface area contributed by atoms with Crippen molar-refractivity contribution in [2.24, 2.45) is 5.73 Å². The second-order valence-corrected chi connectivity index (χ2v) is 3.88. The highest BCUT2D eigenvalue weighted by atomic mass is 16.6. The van der Waals surface area contributed by atoms with Crippen LogP contribution in [0.15, 0.2) is 12.5 Å². The Labute approximate surface area is 103 Å². The molecule has 8 nitrogen and oxygen atoms in total. The lowest BCUT2D eigenvalue weighted by Gasteiger charge is -2.19. The van der Waals surface area contributed by atoms with E-state index in [9.17, 15) is 9.59 Å².